The van der Waals surface area contributed by atoms with Crippen LogP contribution in [0.4, 0.5) is 68.2 Å². The van der Waals surface area contributed by atoms with Gasteiger partial charge in [0.05, 0.1) is 59.1 Å². The van der Waals surface area contributed by atoms with Crippen LogP contribution in [0.5, 0.6) is 23.0 Å². The maximum Gasteiger partial charge on any atom is 1.00 e. The monoisotopic (exact) mass is 992 g/mol. The molecular weight excluding hydrogens is 975 g/mol. The molecular formula is C34H18N12Na2O18S2. The predicted molar refractivity (Wildman–Crippen MR) is 215 cm³/mol. The van der Waals surface area contributed by atoms with Gasteiger partial charge in [0.2, 0.25) is 5.75 Å². The zero-order valence-corrected chi connectivity index (χ0v) is 39.4. The molecule has 0 aliphatic rings. The molecule has 0 bridgehead atoms. The first-order valence-corrected chi connectivity index (χ1v) is 20.0. The van der Waals surface area contributed by atoms with Crippen LogP contribution in [0.1, 0.15) is 0 Å². The summed E-state index contributed by atoms with van der Waals surface area (Å²) in [6.07, 6.45) is 0. The third-order valence-electron chi connectivity index (χ3n) is 8.49. The molecule has 30 nitrogen and oxygen atoms in total. The Kier molecular flexibility index (Phi) is 16.5. The van der Waals surface area contributed by atoms with Gasteiger partial charge < -0.3 is 20.4 Å². The Morgan fingerprint density at radius 3 is 1.40 bits per heavy atom. The Labute approximate surface area is 420 Å². The fourth-order valence-electron chi connectivity index (χ4n) is 5.42. The van der Waals surface area contributed by atoms with Gasteiger partial charge in [-0.2, -0.15) is 32.2 Å². The van der Waals surface area contributed by atoms with Gasteiger partial charge >= 0.3 is 64.8 Å². The molecule has 68 heavy (non-hydrogen) atoms. The first kappa shape index (κ1) is 53.2. The van der Waals surface area contributed by atoms with Crippen LogP contribution in [-0.2, 0) is 20.2 Å². The molecule has 0 atom stereocenters. The number of nitro groups is 4. The molecule has 0 aliphatic carbocycles. The van der Waals surface area contributed by atoms with E-state index in [2.05, 4.69) is 40.9 Å². The van der Waals surface area contributed by atoms with Crippen molar-refractivity contribution < 1.29 is 125 Å². The number of phenolic OH excluding ortho intramolecular Hbond substituents is 2. The van der Waals surface area contributed by atoms with Gasteiger partial charge in [-0.1, -0.05) is 5.75 Å². The smallest absolute Gasteiger partial charge is 0.870 e. The first-order valence-electron chi connectivity index (χ1n) is 17.1. The Balaban J connectivity index is 0.00000504. The van der Waals surface area contributed by atoms with E-state index < -0.39 is 129 Å². The SMILES string of the molecule is O=[N+]([O-])c1ccc(N=Nc2c([O-])c(N=Nc3cc([N+](=O)[O-])cc([N+](=O)[O-])c3O)cc(N=Nc3cc(S(=O)(=O)O)cc4cc(S(=O)(=O)O)c(N=Nc5ccc([N+](=O)[O-])cc5)c([O-])c34)c2O)cc1.[Na+].[Na+]. The molecule has 0 aromatic heterocycles. The molecule has 6 aromatic carbocycles. The van der Waals surface area contributed by atoms with Crippen molar-refractivity contribution >= 4 is 99.3 Å². The summed E-state index contributed by atoms with van der Waals surface area (Å²) in [6, 6.07) is 11.4. The molecule has 0 spiro atoms. The standard InChI is InChI=1S/C34H20N12O18S2.2Na/c47-31-23(11-20(45(55)56)12-26(31)46(57)58)38-40-25-14-24(32(48)30(33(25)49)42-36-17-3-7-19(8-4-17)44(53)54)39-37-22-13-21(65(59,60)61)9-15-10-27(66(62,63)64)29(34(50)28(15)22)41-35-16-1-5-18(6-2-16)43(51)52;;/h1-14,47-50H,(H,59,60,61)(H,62,63,64);;/q;2*+1/p-2. The minimum Gasteiger partial charge on any atom is -0.870 e. The van der Waals surface area contributed by atoms with Crippen molar-refractivity contribution in [1.82, 2.24) is 0 Å². The van der Waals surface area contributed by atoms with Crippen molar-refractivity contribution in [3.05, 3.63) is 125 Å². The number of azo groups is 4. The second-order valence-electron chi connectivity index (χ2n) is 12.7. The summed E-state index contributed by atoms with van der Waals surface area (Å²) in [5.74, 6) is -5.27. The van der Waals surface area contributed by atoms with Crippen molar-refractivity contribution in [3.63, 3.8) is 0 Å². The molecule has 4 N–H and O–H groups in total. The number of hydrogen-bond acceptors (Lipinski definition) is 24. The number of benzene rings is 6. The van der Waals surface area contributed by atoms with Gasteiger partial charge in [0.1, 0.15) is 22.0 Å². The fraction of sp³-hybridized carbons (Fsp3) is 0. The number of fused-ring (bicyclic) bond motifs is 1. The van der Waals surface area contributed by atoms with Crippen LogP contribution < -0.4 is 69.3 Å². The van der Waals surface area contributed by atoms with Gasteiger partial charge in [-0.3, -0.25) is 49.6 Å². The maximum absolute atomic E-state index is 14.0. The minimum absolute atomic E-state index is 0. The van der Waals surface area contributed by atoms with Crippen LogP contribution in [0, 0.1) is 40.5 Å². The molecule has 6 aromatic rings. The van der Waals surface area contributed by atoms with Crippen LogP contribution in [0.25, 0.3) is 10.8 Å². The predicted octanol–water partition coefficient (Wildman–Crippen LogP) is 2.19. The van der Waals surface area contributed by atoms with Gasteiger partial charge in [0, 0.05) is 35.7 Å². The van der Waals surface area contributed by atoms with Crippen LogP contribution in [0.3, 0.4) is 0 Å². The van der Waals surface area contributed by atoms with Gasteiger partial charge in [0.15, 0.2) is 5.75 Å². The molecule has 0 heterocycles. The summed E-state index contributed by atoms with van der Waals surface area (Å²) < 4.78 is 69.5. The van der Waals surface area contributed by atoms with E-state index >= 15 is 0 Å². The molecule has 336 valence electrons. The van der Waals surface area contributed by atoms with E-state index in [1.165, 1.54) is 0 Å². The van der Waals surface area contributed by atoms with E-state index in [-0.39, 0.29) is 81.9 Å². The molecule has 0 aliphatic heterocycles. The summed E-state index contributed by atoms with van der Waals surface area (Å²) in [4.78, 5) is 39.0. The minimum atomic E-state index is -5.40. The molecule has 0 unspecified atom stereocenters. The third-order valence-corrected chi connectivity index (χ3v) is 10.2. The van der Waals surface area contributed by atoms with E-state index in [4.69, 9.17) is 0 Å². The molecule has 0 radical (unpaired) electrons. The number of nitrogens with zero attached hydrogens (tertiary/aromatic N) is 12. The number of non-ortho nitro benzene ring substituents is 3. The fourth-order valence-corrected chi connectivity index (χ4v) is 6.61. The Morgan fingerprint density at radius 1 is 0.456 bits per heavy atom. The largest absolute Gasteiger partial charge is 1.00 e. The van der Waals surface area contributed by atoms with Gasteiger partial charge in [-0.15, -0.1) is 25.6 Å². The van der Waals surface area contributed by atoms with Crippen molar-refractivity contribution in [2.75, 3.05) is 0 Å². The Hall–Kier alpha value is -7.40. The van der Waals surface area contributed by atoms with Gasteiger partial charge in [-0.05, 0) is 59.7 Å². The molecule has 34 heteroatoms. The zero-order valence-electron chi connectivity index (χ0n) is 33.8. The summed E-state index contributed by atoms with van der Waals surface area (Å²) in [5, 5.41) is 122. The summed E-state index contributed by atoms with van der Waals surface area (Å²) in [6.45, 7) is 0. The molecule has 0 amide bonds. The second-order valence-corrected chi connectivity index (χ2v) is 15.5. The van der Waals surface area contributed by atoms with Crippen molar-refractivity contribution in [2.24, 2.45) is 40.9 Å². The van der Waals surface area contributed by atoms with Crippen molar-refractivity contribution in [1.29, 1.82) is 0 Å². The van der Waals surface area contributed by atoms with Gasteiger partial charge in [0.25, 0.3) is 37.3 Å². The summed E-state index contributed by atoms with van der Waals surface area (Å²) in [7, 11) is -10.6. The van der Waals surface area contributed by atoms with Crippen molar-refractivity contribution in [3.8, 4) is 23.0 Å². The quantitative estimate of drug-likeness (QED) is 0.0399. The average molecular weight is 993 g/mol. The van der Waals surface area contributed by atoms with Crippen molar-refractivity contribution in [2.45, 2.75) is 9.79 Å². The van der Waals surface area contributed by atoms with Crippen LogP contribution in [-0.4, -0.2) is 55.8 Å². The number of hydrogen-bond donors (Lipinski definition) is 4. The van der Waals surface area contributed by atoms with E-state index in [0.717, 1.165) is 48.5 Å². The third kappa shape index (κ3) is 11.8. The van der Waals surface area contributed by atoms with Crippen LogP contribution >= 0.6 is 0 Å². The molecule has 6 rings (SSSR count). The van der Waals surface area contributed by atoms with E-state index in [1.54, 1.807) is 0 Å². The normalized spacial score (nSPS) is 11.9. The summed E-state index contributed by atoms with van der Waals surface area (Å²) >= 11 is 0. The van der Waals surface area contributed by atoms with E-state index in [9.17, 15) is 86.8 Å². The van der Waals surface area contributed by atoms with Crippen LogP contribution in [0.2, 0.25) is 0 Å². The number of aromatic hydroxyl groups is 2. The average Bonchev–Trinajstić information content (AvgIpc) is 3.24. The molecule has 0 saturated heterocycles. The number of phenols is 2. The van der Waals surface area contributed by atoms with E-state index in [0.29, 0.717) is 36.4 Å². The van der Waals surface area contributed by atoms with E-state index in [1.807, 2.05) is 0 Å². The first-order chi connectivity index (χ1) is 30.9. The topological polar surface area (TPSA) is 467 Å². The number of nitro benzene ring substituents is 4. The zero-order chi connectivity index (χ0) is 48.4. The van der Waals surface area contributed by atoms with Gasteiger partial charge in [-0.25, -0.2) is 0 Å². The Morgan fingerprint density at radius 2 is 0.926 bits per heavy atom. The molecule has 0 saturated carbocycles. The second kappa shape index (κ2) is 21.1. The summed E-state index contributed by atoms with van der Waals surface area (Å²) in [5.41, 5.74) is -9.00. The molecule has 0 fully saturated rings. The maximum atomic E-state index is 14.0. The Bertz CT molecular complexity index is 3430. The van der Waals surface area contributed by atoms with Crippen LogP contribution in [0.15, 0.2) is 136 Å². The number of rotatable bonds is 14.